The average Bonchev–Trinajstić information content (AvgIpc) is 2.17. The van der Waals surface area contributed by atoms with Gasteiger partial charge in [0.15, 0.2) is 0 Å². The molecule has 0 aliphatic heterocycles. The van der Waals surface area contributed by atoms with Crippen molar-refractivity contribution in [1.82, 2.24) is 0 Å². The summed E-state index contributed by atoms with van der Waals surface area (Å²) in [5.74, 6) is 1.33. The average molecular weight is 176 g/mol. The highest BCUT2D eigenvalue weighted by atomic mass is 16.5. The van der Waals surface area contributed by atoms with Gasteiger partial charge in [0.1, 0.15) is 5.75 Å². The Labute approximate surface area is 80.0 Å². The van der Waals surface area contributed by atoms with Crippen LogP contribution in [0.2, 0.25) is 0 Å². The fraction of sp³-hybridized carbons (Fsp3) is 0.333. The topological polar surface area (TPSA) is 9.23 Å². The minimum atomic E-state index is 0.384. The van der Waals surface area contributed by atoms with Crippen LogP contribution in [0.4, 0.5) is 0 Å². The third-order valence-corrected chi connectivity index (χ3v) is 2.39. The molecule has 0 aliphatic rings. The van der Waals surface area contributed by atoms with Crippen molar-refractivity contribution in [3.05, 3.63) is 42.0 Å². The van der Waals surface area contributed by atoms with Gasteiger partial charge >= 0.3 is 0 Å². The first-order valence-electron chi connectivity index (χ1n) is 4.46. The van der Waals surface area contributed by atoms with E-state index in [4.69, 9.17) is 4.74 Å². The van der Waals surface area contributed by atoms with Gasteiger partial charge in [-0.25, -0.2) is 0 Å². The molecule has 0 aromatic heterocycles. The Morgan fingerprint density at radius 2 is 2.15 bits per heavy atom. The summed E-state index contributed by atoms with van der Waals surface area (Å²) < 4.78 is 5.25. The van der Waals surface area contributed by atoms with E-state index in [0.717, 1.165) is 5.75 Å². The van der Waals surface area contributed by atoms with Crippen LogP contribution in [-0.4, -0.2) is 7.11 Å². The Kier molecular flexibility index (Phi) is 3.13. The number of benzene rings is 1. The Morgan fingerprint density at radius 1 is 1.46 bits per heavy atom. The number of hydrogen-bond donors (Lipinski definition) is 0. The van der Waals surface area contributed by atoms with Gasteiger partial charge in [0.2, 0.25) is 0 Å². The molecular weight excluding hydrogens is 160 g/mol. The molecule has 1 rings (SSSR count). The summed E-state index contributed by atoms with van der Waals surface area (Å²) in [6.07, 6.45) is 1.95. The summed E-state index contributed by atoms with van der Waals surface area (Å²) in [6.45, 7) is 8.00. The second-order valence-corrected chi connectivity index (χ2v) is 3.20. The van der Waals surface area contributed by atoms with Crippen LogP contribution in [0.3, 0.4) is 0 Å². The van der Waals surface area contributed by atoms with Gasteiger partial charge in [-0.05, 0) is 30.0 Å². The van der Waals surface area contributed by atoms with Crippen LogP contribution in [-0.2, 0) is 0 Å². The van der Waals surface area contributed by atoms with E-state index in [-0.39, 0.29) is 0 Å². The van der Waals surface area contributed by atoms with E-state index in [1.165, 1.54) is 11.1 Å². The third kappa shape index (κ3) is 1.92. The molecule has 70 valence electrons. The molecule has 1 aromatic rings. The summed E-state index contributed by atoms with van der Waals surface area (Å²) >= 11 is 0. The quantitative estimate of drug-likeness (QED) is 0.642. The summed E-state index contributed by atoms with van der Waals surface area (Å²) in [5.41, 5.74) is 2.49. The highest BCUT2D eigenvalue weighted by molar-refractivity contribution is 5.41. The van der Waals surface area contributed by atoms with Crippen LogP contribution in [0, 0.1) is 6.92 Å². The Balaban J connectivity index is 3.14. The first-order chi connectivity index (χ1) is 6.20. The van der Waals surface area contributed by atoms with Crippen molar-refractivity contribution in [1.29, 1.82) is 0 Å². The molecule has 0 fully saturated rings. The lowest BCUT2D eigenvalue weighted by atomic mass is 9.96. The Bertz CT molecular complexity index is 302. The van der Waals surface area contributed by atoms with Crippen LogP contribution in [0.25, 0.3) is 0 Å². The van der Waals surface area contributed by atoms with Crippen LogP contribution in [0.1, 0.15) is 24.0 Å². The van der Waals surface area contributed by atoms with Gasteiger partial charge in [-0.15, -0.1) is 6.58 Å². The zero-order valence-electron chi connectivity index (χ0n) is 8.50. The molecule has 0 N–H and O–H groups in total. The van der Waals surface area contributed by atoms with E-state index in [0.29, 0.717) is 5.92 Å². The molecule has 1 atom stereocenters. The van der Waals surface area contributed by atoms with Crippen molar-refractivity contribution in [3.8, 4) is 5.75 Å². The van der Waals surface area contributed by atoms with Gasteiger partial charge in [-0.2, -0.15) is 0 Å². The summed E-state index contributed by atoms with van der Waals surface area (Å²) in [4.78, 5) is 0. The highest BCUT2D eigenvalue weighted by Crippen LogP contribution is 2.27. The third-order valence-electron chi connectivity index (χ3n) is 2.39. The lowest BCUT2D eigenvalue weighted by molar-refractivity contribution is 0.411. The van der Waals surface area contributed by atoms with Crippen molar-refractivity contribution in [3.63, 3.8) is 0 Å². The van der Waals surface area contributed by atoms with Crippen molar-refractivity contribution >= 4 is 0 Å². The maximum Gasteiger partial charge on any atom is 0.122 e. The predicted molar refractivity (Wildman–Crippen MR) is 56.3 cm³/mol. The van der Waals surface area contributed by atoms with Crippen molar-refractivity contribution in [2.75, 3.05) is 7.11 Å². The molecule has 0 spiro atoms. The van der Waals surface area contributed by atoms with Crippen LogP contribution in [0.15, 0.2) is 30.9 Å². The van der Waals surface area contributed by atoms with Crippen molar-refractivity contribution < 1.29 is 4.74 Å². The van der Waals surface area contributed by atoms with E-state index in [9.17, 15) is 0 Å². The highest BCUT2D eigenvalue weighted by Gasteiger charge is 2.07. The van der Waals surface area contributed by atoms with Crippen LogP contribution in [0.5, 0.6) is 5.75 Å². The fourth-order valence-corrected chi connectivity index (χ4v) is 1.47. The summed E-state index contributed by atoms with van der Waals surface area (Å²) in [6, 6.07) is 6.11. The van der Waals surface area contributed by atoms with Crippen LogP contribution >= 0.6 is 0 Å². The van der Waals surface area contributed by atoms with Crippen LogP contribution < -0.4 is 4.74 Å². The van der Waals surface area contributed by atoms with E-state index >= 15 is 0 Å². The monoisotopic (exact) mass is 176 g/mol. The van der Waals surface area contributed by atoms with E-state index in [2.05, 4.69) is 26.5 Å². The first kappa shape index (κ1) is 9.85. The standard InChI is InChI=1S/C12H16O/c1-5-9(2)11-7-6-8-12(13-4)10(11)3/h5-9H,1H2,2-4H3. The van der Waals surface area contributed by atoms with Gasteiger partial charge in [-0.3, -0.25) is 0 Å². The van der Waals surface area contributed by atoms with E-state index < -0.39 is 0 Å². The summed E-state index contributed by atoms with van der Waals surface area (Å²) in [7, 11) is 1.70. The van der Waals surface area contributed by atoms with E-state index in [1.807, 2.05) is 18.2 Å². The van der Waals surface area contributed by atoms with Crippen molar-refractivity contribution in [2.24, 2.45) is 0 Å². The molecule has 0 amide bonds. The lowest BCUT2D eigenvalue weighted by Crippen LogP contribution is -1.95. The smallest absolute Gasteiger partial charge is 0.122 e. The molecule has 1 aromatic carbocycles. The number of hydrogen-bond acceptors (Lipinski definition) is 1. The molecule has 0 bridgehead atoms. The Hall–Kier alpha value is -1.24. The molecule has 0 saturated carbocycles. The molecule has 0 aliphatic carbocycles. The molecule has 1 nitrogen and oxygen atoms in total. The molecule has 0 heterocycles. The zero-order valence-corrected chi connectivity index (χ0v) is 8.50. The molecule has 0 radical (unpaired) electrons. The number of methoxy groups -OCH3 is 1. The second-order valence-electron chi connectivity index (χ2n) is 3.20. The molecule has 1 heteroatoms. The fourth-order valence-electron chi connectivity index (χ4n) is 1.47. The van der Waals surface area contributed by atoms with Gasteiger partial charge in [0, 0.05) is 0 Å². The second kappa shape index (κ2) is 4.13. The van der Waals surface area contributed by atoms with Gasteiger partial charge in [0.05, 0.1) is 7.11 Å². The lowest BCUT2D eigenvalue weighted by Gasteiger charge is -2.13. The summed E-state index contributed by atoms with van der Waals surface area (Å²) in [5, 5.41) is 0. The molecule has 1 unspecified atom stereocenters. The minimum Gasteiger partial charge on any atom is -0.496 e. The number of ether oxygens (including phenoxy) is 1. The van der Waals surface area contributed by atoms with Crippen molar-refractivity contribution in [2.45, 2.75) is 19.8 Å². The van der Waals surface area contributed by atoms with Gasteiger partial charge < -0.3 is 4.74 Å². The molecule has 13 heavy (non-hydrogen) atoms. The zero-order chi connectivity index (χ0) is 9.84. The first-order valence-corrected chi connectivity index (χ1v) is 4.46. The largest absolute Gasteiger partial charge is 0.496 e. The number of rotatable bonds is 3. The number of allylic oxidation sites excluding steroid dienone is 1. The minimum absolute atomic E-state index is 0.384. The normalized spacial score (nSPS) is 12.2. The SMILES string of the molecule is C=CC(C)c1cccc(OC)c1C. The predicted octanol–water partition coefficient (Wildman–Crippen LogP) is 3.29. The van der Waals surface area contributed by atoms with Gasteiger partial charge in [0.25, 0.3) is 0 Å². The Morgan fingerprint density at radius 3 is 2.69 bits per heavy atom. The van der Waals surface area contributed by atoms with E-state index in [1.54, 1.807) is 7.11 Å². The van der Waals surface area contributed by atoms with Gasteiger partial charge in [-0.1, -0.05) is 25.1 Å². The maximum absolute atomic E-state index is 5.25. The molecule has 0 saturated heterocycles. The maximum atomic E-state index is 5.25. The molecular formula is C12H16O.